The van der Waals surface area contributed by atoms with Gasteiger partial charge >= 0.3 is 5.97 Å². The summed E-state index contributed by atoms with van der Waals surface area (Å²) >= 11 is 0. The van der Waals surface area contributed by atoms with Crippen molar-refractivity contribution < 1.29 is 28.6 Å². The first kappa shape index (κ1) is 21.9. The maximum absolute atomic E-state index is 13.3. The quantitative estimate of drug-likeness (QED) is 0.599. The highest BCUT2D eigenvalue weighted by atomic mass is 16.5. The van der Waals surface area contributed by atoms with Crippen molar-refractivity contribution in [3.63, 3.8) is 0 Å². The van der Waals surface area contributed by atoms with E-state index < -0.39 is 5.97 Å². The van der Waals surface area contributed by atoms with E-state index >= 15 is 0 Å². The Labute approximate surface area is 177 Å². The summed E-state index contributed by atoms with van der Waals surface area (Å²) in [4.78, 5) is 41.1. The van der Waals surface area contributed by atoms with E-state index in [1.807, 2.05) is 17.0 Å². The molecule has 164 valence electrons. The monoisotopic (exact) mass is 418 g/mol. The number of hydrogen-bond acceptors (Lipinski definition) is 6. The first-order valence-corrected chi connectivity index (χ1v) is 10.3. The Kier molecular flexibility index (Phi) is 7.18. The van der Waals surface area contributed by atoms with Crippen molar-refractivity contribution in [2.75, 3.05) is 41.0 Å². The zero-order chi connectivity index (χ0) is 21.7. The standard InChI is InChI=1S/C22H30N2O6/c1-28-18-9-15(10-19(11-18)29-2)12-24(14-20(25)30-3)22(27)17-5-4-8-23(13-17)21(26)16-6-7-16/h9-11,16-17H,4-8,12-14H2,1-3H3. The van der Waals surface area contributed by atoms with Gasteiger partial charge in [0.05, 0.1) is 27.2 Å². The van der Waals surface area contributed by atoms with E-state index in [2.05, 4.69) is 0 Å². The molecule has 1 saturated heterocycles. The third-order valence-electron chi connectivity index (χ3n) is 5.65. The number of esters is 1. The molecule has 3 rings (SSSR count). The third kappa shape index (κ3) is 5.43. The van der Waals surface area contributed by atoms with Gasteiger partial charge in [-0.2, -0.15) is 0 Å². The summed E-state index contributed by atoms with van der Waals surface area (Å²) in [5, 5.41) is 0. The van der Waals surface area contributed by atoms with Crippen LogP contribution in [0.2, 0.25) is 0 Å². The summed E-state index contributed by atoms with van der Waals surface area (Å²) in [6, 6.07) is 5.37. The number of rotatable bonds is 8. The van der Waals surface area contributed by atoms with Crippen molar-refractivity contribution in [1.82, 2.24) is 9.80 Å². The number of likely N-dealkylation sites (tertiary alicyclic amines) is 1. The van der Waals surface area contributed by atoms with Crippen molar-refractivity contribution in [2.24, 2.45) is 11.8 Å². The van der Waals surface area contributed by atoms with Crippen LogP contribution in [0, 0.1) is 11.8 Å². The summed E-state index contributed by atoms with van der Waals surface area (Å²) in [5.74, 6) is 0.551. The SMILES string of the molecule is COC(=O)CN(Cc1cc(OC)cc(OC)c1)C(=O)C1CCCN(C(=O)C2CC2)C1. The largest absolute Gasteiger partial charge is 0.497 e. The lowest BCUT2D eigenvalue weighted by molar-refractivity contribution is -0.150. The zero-order valence-corrected chi connectivity index (χ0v) is 17.9. The van der Waals surface area contributed by atoms with Crippen molar-refractivity contribution in [1.29, 1.82) is 0 Å². The first-order valence-electron chi connectivity index (χ1n) is 10.3. The maximum Gasteiger partial charge on any atom is 0.325 e. The molecule has 1 aromatic rings. The number of ether oxygens (including phenoxy) is 3. The molecule has 1 aliphatic heterocycles. The van der Waals surface area contributed by atoms with E-state index in [1.54, 1.807) is 20.3 Å². The molecule has 1 atom stereocenters. The van der Waals surface area contributed by atoms with Gasteiger partial charge in [-0.15, -0.1) is 0 Å². The highest BCUT2D eigenvalue weighted by Gasteiger charge is 2.38. The van der Waals surface area contributed by atoms with Gasteiger partial charge in [-0.05, 0) is 43.4 Å². The highest BCUT2D eigenvalue weighted by molar-refractivity contribution is 5.85. The number of hydrogen-bond donors (Lipinski definition) is 0. The summed E-state index contributed by atoms with van der Waals surface area (Å²) in [6.07, 6.45) is 3.38. The summed E-state index contributed by atoms with van der Waals surface area (Å²) in [6.45, 7) is 1.17. The van der Waals surface area contributed by atoms with Crippen molar-refractivity contribution in [3.8, 4) is 11.5 Å². The van der Waals surface area contributed by atoms with Crippen LogP contribution >= 0.6 is 0 Å². The van der Waals surface area contributed by atoms with Crippen molar-refractivity contribution in [3.05, 3.63) is 23.8 Å². The Hall–Kier alpha value is -2.77. The Bertz CT molecular complexity index is 770. The fourth-order valence-corrected chi connectivity index (χ4v) is 3.84. The second-order valence-corrected chi connectivity index (χ2v) is 7.89. The number of carbonyl (C=O) groups excluding carboxylic acids is 3. The van der Waals surface area contributed by atoms with Crippen LogP contribution in [-0.4, -0.2) is 68.5 Å². The molecule has 1 heterocycles. The molecule has 30 heavy (non-hydrogen) atoms. The molecular weight excluding hydrogens is 388 g/mol. The van der Waals surface area contributed by atoms with Gasteiger partial charge in [0, 0.05) is 31.6 Å². The van der Waals surface area contributed by atoms with Gasteiger partial charge < -0.3 is 24.0 Å². The number of piperidine rings is 1. The van der Waals surface area contributed by atoms with Gasteiger partial charge in [0.15, 0.2) is 0 Å². The lowest BCUT2D eigenvalue weighted by Gasteiger charge is -2.35. The lowest BCUT2D eigenvalue weighted by Crippen LogP contribution is -2.48. The normalized spacial score (nSPS) is 18.5. The Balaban J connectivity index is 1.76. The molecule has 8 nitrogen and oxygen atoms in total. The van der Waals surface area contributed by atoms with Crippen LogP contribution in [0.25, 0.3) is 0 Å². The molecule has 8 heteroatoms. The van der Waals surface area contributed by atoms with Crippen LogP contribution in [0.3, 0.4) is 0 Å². The first-order chi connectivity index (χ1) is 14.4. The summed E-state index contributed by atoms with van der Waals surface area (Å²) in [5.41, 5.74) is 0.783. The maximum atomic E-state index is 13.3. The zero-order valence-electron chi connectivity index (χ0n) is 17.9. The van der Waals surface area contributed by atoms with Crippen LogP contribution in [-0.2, 0) is 25.7 Å². The van der Waals surface area contributed by atoms with Gasteiger partial charge in [-0.25, -0.2) is 0 Å². The van der Waals surface area contributed by atoms with Crippen LogP contribution in [0.15, 0.2) is 18.2 Å². The molecule has 0 aromatic heterocycles. The molecule has 1 unspecified atom stereocenters. The summed E-state index contributed by atoms with van der Waals surface area (Å²) < 4.78 is 15.4. The Morgan fingerprint density at radius 2 is 1.67 bits per heavy atom. The molecule has 2 amide bonds. The number of carbonyl (C=O) groups is 3. The molecular formula is C22H30N2O6. The highest BCUT2D eigenvalue weighted by Crippen LogP contribution is 2.33. The molecule has 1 aliphatic carbocycles. The lowest BCUT2D eigenvalue weighted by atomic mass is 9.95. The van der Waals surface area contributed by atoms with E-state index in [4.69, 9.17) is 14.2 Å². The molecule has 2 fully saturated rings. The van der Waals surface area contributed by atoms with Gasteiger partial charge in [-0.1, -0.05) is 0 Å². The van der Waals surface area contributed by atoms with Gasteiger partial charge in [0.1, 0.15) is 18.0 Å². The van der Waals surface area contributed by atoms with Crippen LogP contribution in [0.1, 0.15) is 31.2 Å². The van der Waals surface area contributed by atoms with E-state index in [-0.39, 0.29) is 36.7 Å². The molecule has 0 spiro atoms. The van der Waals surface area contributed by atoms with Crippen molar-refractivity contribution in [2.45, 2.75) is 32.2 Å². The van der Waals surface area contributed by atoms with E-state index in [0.717, 1.165) is 24.8 Å². The predicted molar refractivity (Wildman–Crippen MR) is 109 cm³/mol. The minimum absolute atomic E-state index is 0.134. The number of amides is 2. The van der Waals surface area contributed by atoms with Crippen LogP contribution in [0.4, 0.5) is 0 Å². The van der Waals surface area contributed by atoms with Gasteiger partial charge in [0.25, 0.3) is 0 Å². The smallest absolute Gasteiger partial charge is 0.325 e. The minimum atomic E-state index is -0.486. The topological polar surface area (TPSA) is 85.4 Å². The van der Waals surface area contributed by atoms with E-state index in [9.17, 15) is 14.4 Å². The Morgan fingerprint density at radius 1 is 1.00 bits per heavy atom. The molecule has 1 saturated carbocycles. The fraction of sp³-hybridized carbons (Fsp3) is 0.591. The van der Waals surface area contributed by atoms with Crippen LogP contribution < -0.4 is 9.47 Å². The number of methoxy groups -OCH3 is 3. The average molecular weight is 418 g/mol. The molecule has 0 bridgehead atoms. The number of nitrogens with zero attached hydrogens (tertiary/aromatic N) is 2. The van der Waals surface area contributed by atoms with Gasteiger partial charge in [-0.3, -0.25) is 14.4 Å². The number of benzene rings is 1. The fourth-order valence-electron chi connectivity index (χ4n) is 3.84. The second-order valence-electron chi connectivity index (χ2n) is 7.89. The third-order valence-corrected chi connectivity index (χ3v) is 5.65. The predicted octanol–water partition coefficient (Wildman–Crippen LogP) is 1.85. The van der Waals surface area contributed by atoms with Crippen molar-refractivity contribution >= 4 is 17.8 Å². The van der Waals surface area contributed by atoms with Gasteiger partial charge in [0.2, 0.25) is 11.8 Å². The summed E-state index contributed by atoms with van der Waals surface area (Å²) in [7, 11) is 4.42. The molecule has 0 radical (unpaired) electrons. The Morgan fingerprint density at radius 3 is 2.23 bits per heavy atom. The molecule has 2 aliphatic rings. The van der Waals surface area contributed by atoms with E-state index in [1.165, 1.54) is 12.0 Å². The average Bonchev–Trinajstić information content (AvgIpc) is 3.62. The van der Waals surface area contributed by atoms with Crippen LogP contribution in [0.5, 0.6) is 11.5 Å². The van der Waals surface area contributed by atoms with E-state index in [0.29, 0.717) is 31.0 Å². The molecule has 0 N–H and O–H groups in total. The minimum Gasteiger partial charge on any atom is -0.497 e. The molecule has 1 aromatic carbocycles. The second kappa shape index (κ2) is 9.82.